The predicted octanol–water partition coefficient (Wildman–Crippen LogP) is -0.800. The van der Waals surface area contributed by atoms with Gasteiger partial charge in [-0.15, -0.1) is 0 Å². The number of hydrogen-bond acceptors (Lipinski definition) is 4. The minimum Gasteiger partial charge on any atom is -0.361 e. The van der Waals surface area contributed by atoms with E-state index in [2.05, 4.69) is 20.3 Å². The molecule has 0 aliphatic rings. The molecule has 0 saturated carbocycles. The van der Waals surface area contributed by atoms with Gasteiger partial charge in [0.15, 0.2) is 0 Å². The predicted molar refractivity (Wildman–Crippen MR) is 39.3 cm³/mol. The highest BCUT2D eigenvalue weighted by Gasteiger charge is 1.94. The van der Waals surface area contributed by atoms with Gasteiger partial charge in [-0.05, 0) is 0 Å². The van der Waals surface area contributed by atoms with Gasteiger partial charge in [0.05, 0.1) is 0 Å². The quantitative estimate of drug-likeness (QED) is 0.567. The molecule has 0 atom stereocenters. The molecule has 1 aromatic heterocycles. The molecule has 1 heterocycles. The van der Waals surface area contributed by atoms with Gasteiger partial charge in [-0.1, -0.05) is 0 Å². The Morgan fingerprint density at radius 3 is 3.08 bits per heavy atom. The molecule has 0 bridgehead atoms. The fourth-order valence-corrected chi connectivity index (χ4v) is 0.538. The van der Waals surface area contributed by atoms with Gasteiger partial charge in [0.2, 0.25) is 11.8 Å². The molecule has 1 rings (SSSR count). The van der Waals surface area contributed by atoms with E-state index in [0.717, 1.165) is 0 Å². The molecule has 0 aliphatic heterocycles. The number of hydroxylamine groups is 1. The van der Waals surface area contributed by atoms with Gasteiger partial charge in [0, 0.05) is 19.2 Å². The Labute approximate surface area is 67.5 Å². The summed E-state index contributed by atoms with van der Waals surface area (Å²) in [5.74, 6) is -0.210. The first-order chi connectivity index (χ1) is 5.68. The van der Waals surface area contributed by atoms with Crippen molar-refractivity contribution >= 4 is 5.91 Å². The van der Waals surface area contributed by atoms with Gasteiger partial charge in [0.25, 0.3) is 0 Å². The summed E-state index contributed by atoms with van der Waals surface area (Å²) < 4.78 is 0. The topological polar surface area (TPSA) is 84.1 Å². The fraction of sp³-hybridized carbons (Fsp3) is 0.167. The van der Waals surface area contributed by atoms with E-state index >= 15 is 0 Å². The number of rotatable bonds is 2. The fourth-order valence-electron chi connectivity index (χ4n) is 0.538. The number of nitrogens with one attached hydrogen (secondary N) is 2. The molecule has 6 heteroatoms. The lowest BCUT2D eigenvalue weighted by Gasteiger charge is -2.01. The van der Waals surface area contributed by atoms with Crippen LogP contribution in [0.15, 0.2) is 17.1 Å². The molecule has 64 valence electrons. The monoisotopic (exact) mass is 169 g/mol. The van der Waals surface area contributed by atoms with Crippen molar-refractivity contribution in [1.82, 2.24) is 15.4 Å². The Bertz CT molecular complexity index is 333. The summed E-state index contributed by atoms with van der Waals surface area (Å²) in [5, 5.41) is 0. The zero-order valence-electron chi connectivity index (χ0n) is 6.33. The lowest BCUT2D eigenvalue weighted by molar-refractivity contribution is -0.125. The smallest absolute Gasteiger partial charge is 0.347 e. The number of hydrogen-bond donors (Lipinski definition) is 2. The standard InChI is InChI=1S/C6H7N3O3/c1-4(10)9-12-5-2-3-7-6(11)8-5/h2-3H,1H3,(H,9,10)(H,7,8,11). The van der Waals surface area contributed by atoms with E-state index in [4.69, 9.17) is 0 Å². The second kappa shape index (κ2) is 3.51. The first kappa shape index (κ1) is 8.25. The van der Waals surface area contributed by atoms with E-state index in [0.29, 0.717) is 0 Å². The molecule has 0 radical (unpaired) electrons. The summed E-state index contributed by atoms with van der Waals surface area (Å²) in [6.45, 7) is 1.29. The van der Waals surface area contributed by atoms with Crippen LogP contribution in [0.3, 0.4) is 0 Å². The van der Waals surface area contributed by atoms with E-state index in [1.807, 2.05) is 0 Å². The van der Waals surface area contributed by atoms with Crippen LogP contribution in [0.1, 0.15) is 6.92 Å². The highest BCUT2D eigenvalue weighted by molar-refractivity contribution is 5.71. The second-order valence-corrected chi connectivity index (χ2v) is 2.00. The third kappa shape index (κ3) is 2.41. The van der Waals surface area contributed by atoms with E-state index < -0.39 is 5.69 Å². The van der Waals surface area contributed by atoms with Gasteiger partial charge >= 0.3 is 5.69 Å². The second-order valence-electron chi connectivity index (χ2n) is 2.00. The number of amides is 1. The molecule has 0 spiro atoms. The van der Waals surface area contributed by atoms with Crippen molar-refractivity contribution in [2.45, 2.75) is 6.92 Å². The molecular weight excluding hydrogens is 162 g/mol. The van der Waals surface area contributed by atoms with E-state index in [1.165, 1.54) is 19.2 Å². The Balaban J connectivity index is 2.64. The van der Waals surface area contributed by atoms with Crippen LogP contribution in [0, 0.1) is 0 Å². The Kier molecular flexibility index (Phi) is 2.42. The lowest BCUT2D eigenvalue weighted by Crippen LogP contribution is -2.25. The molecule has 0 unspecified atom stereocenters. The molecule has 1 amide bonds. The Morgan fingerprint density at radius 2 is 2.50 bits per heavy atom. The van der Waals surface area contributed by atoms with E-state index in [1.54, 1.807) is 0 Å². The van der Waals surface area contributed by atoms with Crippen LogP contribution in [-0.4, -0.2) is 15.9 Å². The SMILES string of the molecule is CC(=O)NOc1ccnc(=O)[nH]1. The number of carbonyl (C=O) groups is 1. The average Bonchev–Trinajstić information content (AvgIpc) is 2.01. The normalized spacial score (nSPS) is 9.08. The number of aromatic amines is 1. The zero-order valence-corrected chi connectivity index (χ0v) is 6.33. The van der Waals surface area contributed by atoms with Crippen molar-refractivity contribution in [2.24, 2.45) is 0 Å². The minimum atomic E-state index is -0.530. The number of aromatic nitrogens is 2. The molecule has 0 aromatic carbocycles. The molecule has 2 N–H and O–H groups in total. The highest BCUT2D eigenvalue weighted by Crippen LogP contribution is 1.96. The number of carbonyl (C=O) groups excluding carboxylic acids is 1. The minimum absolute atomic E-state index is 0.144. The van der Waals surface area contributed by atoms with Crippen LogP contribution in [0.4, 0.5) is 0 Å². The van der Waals surface area contributed by atoms with Gasteiger partial charge in [0.1, 0.15) is 0 Å². The van der Waals surface area contributed by atoms with Gasteiger partial charge < -0.3 is 4.84 Å². The summed E-state index contributed by atoms with van der Waals surface area (Å²) >= 11 is 0. The maximum absolute atomic E-state index is 10.6. The molecular formula is C6H7N3O3. The third-order valence-corrected chi connectivity index (χ3v) is 0.953. The van der Waals surface area contributed by atoms with Crippen LogP contribution >= 0.6 is 0 Å². The first-order valence-corrected chi connectivity index (χ1v) is 3.17. The summed E-state index contributed by atoms with van der Waals surface area (Å²) in [5.41, 5.74) is 1.52. The largest absolute Gasteiger partial charge is 0.361 e. The summed E-state index contributed by atoms with van der Waals surface area (Å²) in [6.07, 6.45) is 1.27. The molecule has 0 fully saturated rings. The maximum Gasteiger partial charge on any atom is 0.347 e. The van der Waals surface area contributed by atoms with Crippen LogP contribution < -0.4 is 16.0 Å². The Hall–Kier alpha value is -1.85. The van der Waals surface area contributed by atoms with Crippen molar-refractivity contribution in [1.29, 1.82) is 0 Å². The van der Waals surface area contributed by atoms with Crippen molar-refractivity contribution in [3.8, 4) is 5.88 Å². The molecule has 0 saturated heterocycles. The Morgan fingerprint density at radius 1 is 1.75 bits per heavy atom. The lowest BCUT2D eigenvalue weighted by atomic mass is 10.6. The summed E-state index contributed by atoms with van der Waals surface area (Å²) in [4.78, 5) is 31.2. The molecule has 12 heavy (non-hydrogen) atoms. The van der Waals surface area contributed by atoms with Gasteiger partial charge in [-0.2, -0.15) is 5.48 Å². The van der Waals surface area contributed by atoms with Crippen LogP contribution in [-0.2, 0) is 4.79 Å². The summed E-state index contributed by atoms with van der Waals surface area (Å²) in [6, 6.07) is 1.41. The molecule has 6 nitrogen and oxygen atoms in total. The number of H-pyrrole nitrogens is 1. The third-order valence-electron chi connectivity index (χ3n) is 0.953. The molecule has 1 aromatic rings. The van der Waals surface area contributed by atoms with Crippen molar-refractivity contribution < 1.29 is 9.63 Å². The zero-order chi connectivity index (χ0) is 8.97. The van der Waals surface area contributed by atoms with Gasteiger partial charge in [-0.3, -0.25) is 9.78 Å². The number of nitrogens with zero attached hydrogens (tertiary/aromatic N) is 1. The highest BCUT2D eigenvalue weighted by atomic mass is 16.7. The van der Waals surface area contributed by atoms with Crippen LogP contribution in [0.5, 0.6) is 5.88 Å². The summed E-state index contributed by atoms with van der Waals surface area (Å²) in [7, 11) is 0. The first-order valence-electron chi connectivity index (χ1n) is 3.17. The van der Waals surface area contributed by atoms with Gasteiger partial charge in [-0.25, -0.2) is 9.78 Å². The van der Waals surface area contributed by atoms with E-state index in [9.17, 15) is 9.59 Å². The van der Waals surface area contributed by atoms with Crippen LogP contribution in [0.2, 0.25) is 0 Å². The van der Waals surface area contributed by atoms with Crippen molar-refractivity contribution in [3.05, 3.63) is 22.7 Å². The average molecular weight is 169 g/mol. The maximum atomic E-state index is 10.6. The van der Waals surface area contributed by atoms with Crippen molar-refractivity contribution in [3.63, 3.8) is 0 Å². The van der Waals surface area contributed by atoms with Crippen LogP contribution in [0.25, 0.3) is 0 Å². The van der Waals surface area contributed by atoms with Crippen molar-refractivity contribution in [2.75, 3.05) is 0 Å². The molecule has 0 aliphatic carbocycles. The van der Waals surface area contributed by atoms with E-state index in [-0.39, 0.29) is 11.8 Å².